The molecule has 0 aliphatic heterocycles. The molecule has 0 N–H and O–H groups in total. The second-order valence-corrected chi connectivity index (χ2v) is 6.74. The molecule has 128 valence electrons. The fraction of sp³-hybridized carbons (Fsp3) is 0.619. The summed E-state index contributed by atoms with van der Waals surface area (Å²) in [6, 6.07) is 8.46. The van der Waals surface area contributed by atoms with Crippen LogP contribution in [0.4, 0.5) is 0 Å². The summed E-state index contributed by atoms with van der Waals surface area (Å²) in [5.74, 6) is 6.37. The molecule has 2 heteroatoms. The number of ether oxygens (including phenoxy) is 1. The third kappa shape index (κ3) is 10.8. The van der Waals surface area contributed by atoms with Gasteiger partial charge in [-0.15, -0.1) is 5.92 Å². The van der Waals surface area contributed by atoms with Gasteiger partial charge in [-0.3, -0.25) is 0 Å². The molecule has 0 aliphatic carbocycles. The Morgan fingerprint density at radius 1 is 0.870 bits per heavy atom. The standard InChI is InChI=1S/C21H31IO/c1-2-3-4-5-6-7-8-9-10-11-14-17-23-19-21-16-13-12-15-20(21)18-22/h12-13,15-16H,2-10,17-19H2,1H3. The largest absolute Gasteiger partial charge is 0.364 e. The van der Waals surface area contributed by atoms with Crippen LogP contribution < -0.4 is 0 Å². The van der Waals surface area contributed by atoms with Gasteiger partial charge in [0.05, 0.1) is 6.61 Å². The topological polar surface area (TPSA) is 9.23 Å². The molecule has 1 aromatic rings. The van der Waals surface area contributed by atoms with E-state index in [1.807, 2.05) is 0 Å². The van der Waals surface area contributed by atoms with Crippen molar-refractivity contribution in [1.29, 1.82) is 0 Å². The van der Waals surface area contributed by atoms with Crippen LogP contribution in [0.25, 0.3) is 0 Å². The number of benzene rings is 1. The predicted molar refractivity (Wildman–Crippen MR) is 109 cm³/mol. The van der Waals surface area contributed by atoms with Gasteiger partial charge in [-0.25, -0.2) is 0 Å². The van der Waals surface area contributed by atoms with Gasteiger partial charge in [0.25, 0.3) is 0 Å². The zero-order valence-corrected chi connectivity index (χ0v) is 16.7. The Morgan fingerprint density at radius 3 is 2.22 bits per heavy atom. The van der Waals surface area contributed by atoms with Gasteiger partial charge < -0.3 is 4.74 Å². The lowest BCUT2D eigenvalue weighted by atomic mass is 10.1. The van der Waals surface area contributed by atoms with E-state index in [1.54, 1.807) is 0 Å². The van der Waals surface area contributed by atoms with Crippen LogP contribution in [0.2, 0.25) is 0 Å². The molecule has 0 atom stereocenters. The highest BCUT2D eigenvalue weighted by molar-refractivity contribution is 14.1. The maximum Gasteiger partial charge on any atom is 0.108 e. The van der Waals surface area contributed by atoms with Crippen molar-refractivity contribution >= 4 is 22.6 Å². The number of unbranched alkanes of at least 4 members (excludes halogenated alkanes) is 8. The van der Waals surface area contributed by atoms with Crippen LogP contribution in [0.3, 0.4) is 0 Å². The first kappa shape index (κ1) is 20.5. The molecule has 1 rings (SSSR count). The molecule has 0 aliphatic rings. The van der Waals surface area contributed by atoms with Crippen LogP contribution in [-0.2, 0) is 15.8 Å². The van der Waals surface area contributed by atoms with Crippen molar-refractivity contribution in [2.24, 2.45) is 0 Å². The summed E-state index contributed by atoms with van der Waals surface area (Å²) < 4.78 is 6.70. The Hall–Kier alpha value is -0.530. The smallest absolute Gasteiger partial charge is 0.108 e. The normalized spacial score (nSPS) is 10.3. The molecule has 0 saturated heterocycles. The van der Waals surface area contributed by atoms with Crippen LogP contribution in [-0.4, -0.2) is 6.61 Å². The molecule has 0 spiro atoms. The lowest BCUT2D eigenvalue weighted by Gasteiger charge is -2.05. The van der Waals surface area contributed by atoms with Crippen molar-refractivity contribution in [3.63, 3.8) is 0 Å². The Bertz CT molecular complexity index is 458. The molecule has 1 nitrogen and oxygen atoms in total. The van der Waals surface area contributed by atoms with Gasteiger partial charge in [-0.05, 0) is 17.5 Å². The third-order valence-electron chi connectivity index (χ3n) is 3.97. The Kier molecular flexibility index (Phi) is 13.4. The third-order valence-corrected chi connectivity index (χ3v) is 4.80. The van der Waals surface area contributed by atoms with Crippen LogP contribution >= 0.6 is 22.6 Å². The molecule has 0 amide bonds. The minimum Gasteiger partial charge on any atom is -0.364 e. The van der Waals surface area contributed by atoms with E-state index in [0.717, 1.165) is 10.8 Å². The molecule has 0 aromatic heterocycles. The van der Waals surface area contributed by atoms with Crippen molar-refractivity contribution in [1.82, 2.24) is 0 Å². The molecule has 0 heterocycles. The number of halogens is 1. The monoisotopic (exact) mass is 426 g/mol. The fourth-order valence-corrected chi connectivity index (χ4v) is 3.27. The number of alkyl halides is 1. The quantitative estimate of drug-likeness (QED) is 0.157. The van der Waals surface area contributed by atoms with Gasteiger partial charge in [0.15, 0.2) is 0 Å². The summed E-state index contributed by atoms with van der Waals surface area (Å²) in [6.45, 7) is 3.49. The summed E-state index contributed by atoms with van der Waals surface area (Å²) in [4.78, 5) is 0. The van der Waals surface area contributed by atoms with Crippen molar-refractivity contribution in [3.05, 3.63) is 35.4 Å². The van der Waals surface area contributed by atoms with Crippen LogP contribution in [0.15, 0.2) is 24.3 Å². The number of hydrogen-bond donors (Lipinski definition) is 0. The molecule has 0 fully saturated rings. The highest BCUT2D eigenvalue weighted by atomic mass is 127. The Labute approximate surface area is 156 Å². The zero-order chi connectivity index (χ0) is 16.6. The summed E-state index contributed by atoms with van der Waals surface area (Å²) in [5.41, 5.74) is 2.65. The van der Waals surface area contributed by atoms with Gasteiger partial charge in [0.2, 0.25) is 0 Å². The maximum atomic E-state index is 5.67. The summed E-state index contributed by atoms with van der Waals surface area (Å²) in [7, 11) is 0. The van der Waals surface area contributed by atoms with E-state index in [2.05, 4.69) is 65.6 Å². The Balaban J connectivity index is 1.97. The van der Waals surface area contributed by atoms with E-state index in [4.69, 9.17) is 4.74 Å². The molecule has 0 radical (unpaired) electrons. The van der Waals surface area contributed by atoms with Crippen molar-refractivity contribution in [2.45, 2.75) is 75.7 Å². The van der Waals surface area contributed by atoms with Gasteiger partial charge in [-0.1, -0.05) is 105 Å². The average Bonchev–Trinajstić information content (AvgIpc) is 2.59. The molecular weight excluding hydrogens is 395 g/mol. The summed E-state index contributed by atoms with van der Waals surface area (Å²) >= 11 is 2.39. The second-order valence-electron chi connectivity index (χ2n) is 5.97. The number of hydrogen-bond acceptors (Lipinski definition) is 1. The van der Waals surface area contributed by atoms with E-state index < -0.39 is 0 Å². The van der Waals surface area contributed by atoms with Crippen molar-refractivity contribution in [3.8, 4) is 11.8 Å². The van der Waals surface area contributed by atoms with Crippen molar-refractivity contribution in [2.75, 3.05) is 6.61 Å². The first-order chi connectivity index (χ1) is 11.4. The van der Waals surface area contributed by atoms with Gasteiger partial charge >= 0.3 is 0 Å². The SMILES string of the molecule is CCCCCCCCCCC#CCOCc1ccccc1CI. The van der Waals surface area contributed by atoms with Gasteiger partial charge in [0, 0.05) is 10.8 Å². The predicted octanol–water partition coefficient (Wildman–Crippen LogP) is 6.67. The van der Waals surface area contributed by atoms with Crippen LogP contribution in [0.1, 0.15) is 75.8 Å². The molecule has 23 heavy (non-hydrogen) atoms. The van der Waals surface area contributed by atoms with E-state index in [-0.39, 0.29) is 0 Å². The second kappa shape index (κ2) is 15.0. The van der Waals surface area contributed by atoms with Crippen molar-refractivity contribution < 1.29 is 4.74 Å². The van der Waals surface area contributed by atoms with Gasteiger partial charge in [0.1, 0.15) is 6.61 Å². The fourth-order valence-electron chi connectivity index (χ4n) is 2.53. The number of rotatable bonds is 12. The average molecular weight is 426 g/mol. The maximum absolute atomic E-state index is 5.67. The lowest BCUT2D eigenvalue weighted by Crippen LogP contribution is -1.96. The van der Waals surface area contributed by atoms with Gasteiger partial charge in [-0.2, -0.15) is 0 Å². The van der Waals surface area contributed by atoms with E-state index >= 15 is 0 Å². The van der Waals surface area contributed by atoms with E-state index in [9.17, 15) is 0 Å². The molecule has 0 saturated carbocycles. The highest BCUT2D eigenvalue weighted by Crippen LogP contribution is 2.13. The summed E-state index contributed by atoms with van der Waals surface area (Å²) in [5, 5.41) is 0. The minimum absolute atomic E-state index is 0.548. The molecule has 1 aromatic carbocycles. The lowest BCUT2D eigenvalue weighted by molar-refractivity contribution is 0.153. The van der Waals surface area contributed by atoms with Crippen LogP contribution in [0.5, 0.6) is 0 Å². The zero-order valence-electron chi connectivity index (χ0n) is 14.6. The van der Waals surface area contributed by atoms with E-state index in [0.29, 0.717) is 13.2 Å². The highest BCUT2D eigenvalue weighted by Gasteiger charge is 1.99. The summed E-state index contributed by atoms with van der Waals surface area (Å²) in [6.07, 6.45) is 11.9. The van der Waals surface area contributed by atoms with Crippen LogP contribution in [0, 0.1) is 11.8 Å². The molecule has 0 unspecified atom stereocenters. The first-order valence-corrected chi connectivity index (χ1v) is 10.6. The Morgan fingerprint density at radius 2 is 1.52 bits per heavy atom. The molecule has 0 bridgehead atoms. The van der Waals surface area contributed by atoms with E-state index in [1.165, 1.54) is 62.5 Å². The first-order valence-electron chi connectivity index (χ1n) is 9.04. The molecular formula is C21H31IO. The minimum atomic E-state index is 0.548.